The Morgan fingerprint density at radius 2 is 2.04 bits per heavy atom. The van der Waals surface area contributed by atoms with Gasteiger partial charge < -0.3 is 5.32 Å². The standard InChI is InChI=1S/C16H15F3N4O/c17-12-6-11(7-13(18)8-12)16(19)3-5-23(10-16)9-15(24)21-14-2-1-4-20-22-14/h1-2,4,6-8H,3,5,9-10H2,(H,21,22,24)/t16-/m0/s1. The van der Waals surface area contributed by atoms with E-state index in [-0.39, 0.29) is 31.0 Å². The number of likely N-dealkylation sites (tertiary alicyclic amines) is 1. The number of rotatable bonds is 4. The van der Waals surface area contributed by atoms with Gasteiger partial charge >= 0.3 is 0 Å². The van der Waals surface area contributed by atoms with Gasteiger partial charge in [0.15, 0.2) is 5.82 Å². The fourth-order valence-electron chi connectivity index (χ4n) is 2.78. The average Bonchev–Trinajstić information content (AvgIpc) is 2.89. The van der Waals surface area contributed by atoms with Crippen LogP contribution in [0.3, 0.4) is 0 Å². The number of hydrogen-bond acceptors (Lipinski definition) is 4. The van der Waals surface area contributed by atoms with Crippen LogP contribution < -0.4 is 5.32 Å². The Balaban J connectivity index is 1.63. The molecule has 1 aromatic heterocycles. The zero-order chi connectivity index (χ0) is 17.2. The summed E-state index contributed by atoms with van der Waals surface area (Å²) >= 11 is 0. The number of aromatic nitrogens is 2. The average molecular weight is 336 g/mol. The molecule has 1 aliphatic heterocycles. The summed E-state index contributed by atoms with van der Waals surface area (Å²) < 4.78 is 41.6. The van der Waals surface area contributed by atoms with Crippen molar-refractivity contribution in [3.63, 3.8) is 0 Å². The summed E-state index contributed by atoms with van der Waals surface area (Å²) in [6.07, 6.45) is 1.54. The number of nitrogens with one attached hydrogen (secondary N) is 1. The lowest BCUT2D eigenvalue weighted by atomic mass is 9.95. The second-order valence-electron chi connectivity index (χ2n) is 5.74. The van der Waals surface area contributed by atoms with E-state index in [9.17, 15) is 13.6 Å². The number of nitrogens with zero attached hydrogens (tertiary/aromatic N) is 3. The number of amides is 1. The Labute approximate surface area is 136 Å². The molecule has 2 aromatic rings. The van der Waals surface area contributed by atoms with Crippen LogP contribution in [0.5, 0.6) is 0 Å². The first-order chi connectivity index (χ1) is 11.4. The third-order valence-corrected chi connectivity index (χ3v) is 3.89. The molecule has 1 aliphatic rings. The molecule has 1 saturated heterocycles. The molecular weight excluding hydrogens is 321 g/mol. The summed E-state index contributed by atoms with van der Waals surface area (Å²) in [4.78, 5) is 13.6. The van der Waals surface area contributed by atoms with Crippen molar-refractivity contribution in [1.82, 2.24) is 15.1 Å². The molecule has 0 saturated carbocycles. The van der Waals surface area contributed by atoms with Crippen molar-refractivity contribution in [3.8, 4) is 0 Å². The van der Waals surface area contributed by atoms with Gasteiger partial charge in [-0.05, 0) is 36.2 Å². The molecule has 1 fully saturated rings. The molecule has 1 amide bonds. The maximum Gasteiger partial charge on any atom is 0.239 e. The fraction of sp³-hybridized carbons (Fsp3) is 0.312. The summed E-state index contributed by atoms with van der Waals surface area (Å²) in [5.74, 6) is -1.69. The topological polar surface area (TPSA) is 58.1 Å². The lowest BCUT2D eigenvalue weighted by Gasteiger charge is -2.21. The third kappa shape index (κ3) is 3.70. The van der Waals surface area contributed by atoms with Crippen LogP contribution in [-0.4, -0.2) is 40.6 Å². The van der Waals surface area contributed by atoms with Gasteiger partial charge in [0.05, 0.1) is 6.54 Å². The predicted molar refractivity (Wildman–Crippen MR) is 80.9 cm³/mol. The van der Waals surface area contributed by atoms with Crippen molar-refractivity contribution in [2.45, 2.75) is 12.1 Å². The van der Waals surface area contributed by atoms with E-state index in [1.165, 1.54) is 6.20 Å². The lowest BCUT2D eigenvalue weighted by Crippen LogP contribution is -2.34. The molecule has 0 bridgehead atoms. The number of carbonyl (C=O) groups excluding carboxylic acids is 1. The van der Waals surface area contributed by atoms with Crippen molar-refractivity contribution in [1.29, 1.82) is 0 Å². The Morgan fingerprint density at radius 1 is 1.29 bits per heavy atom. The molecule has 1 aromatic carbocycles. The molecule has 1 atom stereocenters. The largest absolute Gasteiger partial charge is 0.308 e. The van der Waals surface area contributed by atoms with Crippen LogP contribution in [0.1, 0.15) is 12.0 Å². The van der Waals surface area contributed by atoms with Gasteiger partial charge in [-0.1, -0.05) is 0 Å². The van der Waals surface area contributed by atoms with Gasteiger partial charge in [-0.25, -0.2) is 13.2 Å². The van der Waals surface area contributed by atoms with Gasteiger partial charge in [-0.15, -0.1) is 5.10 Å². The van der Waals surface area contributed by atoms with Gasteiger partial charge in [-0.2, -0.15) is 5.10 Å². The number of benzene rings is 1. The van der Waals surface area contributed by atoms with Gasteiger partial charge in [0.25, 0.3) is 0 Å². The van der Waals surface area contributed by atoms with Crippen molar-refractivity contribution < 1.29 is 18.0 Å². The first-order valence-corrected chi connectivity index (χ1v) is 7.40. The zero-order valence-electron chi connectivity index (χ0n) is 12.7. The second kappa shape index (κ2) is 6.56. The van der Waals surface area contributed by atoms with Gasteiger partial charge in [0.2, 0.25) is 5.91 Å². The first-order valence-electron chi connectivity index (χ1n) is 7.40. The Morgan fingerprint density at radius 3 is 2.71 bits per heavy atom. The van der Waals surface area contributed by atoms with E-state index in [0.29, 0.717) is 18.4 Å². The normalized spacial score (nSPS) is 21.0. The van der Waals surface area contributed by atoms with Crippen LogP contribution in [0.4, 0.5) is 19.0 Å². The van der Waals surface area contributed by atoms with Crippen molar-refractivity contribution in [3.05, 3.63) is 53.7 Å². The molecule has 0 aliphatic carbocycles. The first kappa shape index (κ1) is 16.4. The monoisotopic (exact) mass is 336 g/mol. The molecule has 24 heavy (non-hydrogen) atoms. The Bertz CT molecular complexity index is 723. The number of halogens is 3. The summed E-state index contributed by atoms with van der Waals surface area (Å²) in [5, 5.41) is 9.93. The third-order valence-electron chi connectivity index (χ3n) is 3.89. The van der Waals surface area contributed by atoms with Crippen LogP contribution in [0.15, 0.2) is 36.5 Å². The van der Waals surface area contributed by atoms with E-state index in [2.05, 4.69) is 15.5 Å². The minimum absolute atomic E-state index is 0.0416. The van der Waals surface area contributed by atoms with Gasteiger partial charge in [-0.3, -0.25) is 9.69 Å². The molecule has 0 unspecified atom stereocenters. The van der Waals surface area contributed by atoms with Crippen molar-refractivity contribution >= 4 is 11.7 Å². The minimum atomic E-state index is -1.88. The Kier molecular flexibility index (Phi) is 4.48. The SMILES string of the molecule is O=C(CN1CC[C@@](F)(c2cc(F)cc(F)c2)C1)Nc1cccnn1. The number of anilines is 1. The molecule has 1 N–H and O–H groups in total. The smallest absolute Gasteiger partial charge is 0.239 e. The highest BCUT2D eigenvalue weighted by atomic mass is 19.1. The van der Waals surface area contributed by atoms with Crippen molar-refractivity contribution in [2.75, 3.05) is 25.0 Å². The maximum absolute atomic E-state index is 15.0. The van der Waals surface area contributed by atoms with E-state index < -0.39 is 17.3 Å². The number of carbonyl (C=O) groups is 1. The van der Waals surface area contributed by atoms with Crippen LogP contribution in [0, 0.1) is 11.6 Å². The van der Waals surface area contributed by atoms with Crippen LogP contribution in [-0.2, 0) is 10.5 Å². The van der Waals surface area contributed by atoms with Crippen LogP contribution in [0.2, 0.25) is 0 Å². The number of alkyl halides is 1. The van der Waals surface area contributed by atoms with E-state index >= 15 is 4.39 Å². The lowest BCUT2D eigenvalue weighted by molar-refractivity contribution is -0.117. The maximum atomic E-state index is 15.0. The summed E-state index contributed by atoms with van der Waals surface area (Å²) in [6.45, 7) is 0.159. The number of hydrogen-bond donors (Lipinski definition) is 1. The fourth-order valence-corrected chi connectivity index (χ4v) is 2.78. The minimum Gasteiger partial charge on any atom is -0.308 e. The van der Waals surface area contributed by atoms with E-state index in [4.69, 9.17) is 0 Å². The highest BCUT2D eigenvalue weighted by Gasteiger charge is 2.40. The van der Waals surface area contributed by atoms with E-state index in [0.717, 1.165) is 12.1 Å². The zero-order valence-corrected chi connectivity index (χ0v) is 12.7. The molecule has 2 heterocycles. The molecule has 8 heteroatoms. The molecule has 0 spiro atoms. The summed E-state index contributed by atoms with van der Waals surface area (Å²) in [6, 6.07) is 5.90. The van der Waals surface area contributed by atoms with Crippen molar-refractivity contribution in [2.24, 2.45) is 0 Å². The van der Waals surface area contributed by atoms with Gasteiger partial charge in [0.1, 0.15) is 17.3 Å². The van der Waals surface area contributed by atoms with E-state index in [1.54, 1.807) is 17.0 Å². The highest BCUT2D eigenvalue weighted by molar-refractivity contribution is 5.91. The molecule has 5 nitrogen and oxygen atoms in total. The molecular formula is C16H15F3N4O. The van der Waals surface area contributed by atoms with Crippen LogP contribution >= 0.6 is 0 Å². The van der Waals surface area contributed by atoms with Crippen LogP contribution in [0.25, 0.3) is 0 Å². The molecule has 3 rings (SSSR count). The highest BCUT2D eigenvalue weighted by Crippen LogP contribution is 2.36. The molecule has 0 radical (unpaired) electrons. The van der Waals surface area contributed by atoms with Gasteiger partial charge in [0, 0.05) is 25.4 Å². The second-order valence-corrected chi connectivity index (χ2v) is 5.74. The summed E-state index contributed by atoms with van der Waals surface area (Å²) in [7, 11) is 0. The Hall–Kier alpha value is -2.48. The van der Waals surface area contributed by atoms with E-state index in [1.807, 2.05) is 0 Å². The molecule has 126 valence electrons. The quantitative estimate of drug-likeness (QED) is 0.930. The summed E-state index contributed by atoms with van der Waals surface area (Å²) in [5.41, 5.74) is -1.92. The predicted octanol–water partition coefficient (Wildman–Crippen LogP) is 2.26.